The minimum atomic E-state index is 0.739. The first-order valence-corrected chi connectivity index (χ1v) is 7.40. The molecule has 0 spiro atoms. The van der Waals surface area contributed by atoms with E-state index in [0.717, 1.165) is 21.7 Å². The van der Waals surface area contributed by atoms with Gasteiger partial charge in [-0.15, -0.1) is 0 Å². The largest absolute Gasteiger partial charge is 0.380 e. The van der Waals surface area contributed by atoms with Gasteiger partial charge in [-0.3, -0.25) is 0 Å². The molecule has 0 saturated heterocycles. The van der Waals surface area contributed by atoms with Crippen molar-refractivity contribution in [1.82, 2.24) is 0 Å². The van der Waals surface area contributed by atoms with Crippen molar-refractivity contribution in [2.24, 2.45) is 0 Å². The predicted octanol–water partition coefficient (Wildman–Crippen LogP) is 5.64. The number of hydrogen-bond acceptors (Lipinski definition) is 1. The summed E-state index contributed by atoms with van der Waals surface area (Å²) < 4.78 is 1.03. The maximum absolute atomic E-state index is 6.02. The first-order chi connectivity index (χ1) is 8.97. The van der Waals surface area contributed by atoms with Crippen LogP contribution in [-0.4, -0.2) is 0 Å². The molecule has 0 aliphatic rings. The van der Waals surface area contributed by atoms with Gasteiger partial charge in [0.05, 0.1) is 5.69 Å². The van der Waals surface area contributed by atoms with Crippen molar-refractivity contribution < 1.29 is 0 Å². The monoisotopic (exact) mass is 337 g/mol. The van der Waals surface area contributed by atoms with E-state index in [2.05, 4.69) is 54.2 Å². The van der Waals surface area contributed by atoms with Gasteiger partial charge in [0, 0.05) is 16.0 Å². The smallest absolute Gasteiger partial charge is 0.0502 e. The van der Waals surface area contributed by atoms with E-state index in [0.29, 0.717) is 0 Å². The van der Waals surface area contributed by atoms with Crippen molar-refractivity contribution in [2.45, 2.75) is 27.3 Å². The summed E-state index contributed by atoms with van der Waals surface area (Å²) >= 11 is 9.55. The van der Waals surface area contributed by atoms with E-state index in [1.165, 1.54) is 22.3 Å². The number of nitrogens with one attached hydrogen (secondary N) is 1. The SMILES string of the molecule is Cc1cc(C)c(CNc2cc(Cl)ccc2Br)c(C)c1. The molecule has 0 fully saturated rings. The summed E-state index contributed by atoms with van der Waals surface area (Å²) in [5.41, 5.74) is 6.32. The molecule has 2 aromatic rings. The van der Waals surface area contributed by atoms with E-state index < -0.39 is 0 Å². The van der Waals surface area contributed by atoms with Gasteiger partial charge in [0.1, 0.15) is 0 Å². The van der Waals surface area contributed by atoms with Crippen molar-refractivity contribution in [3.8, 4) is 0 Å². The first-order valence-electron chi connectivity index (χ1n) is 6.23. The summed E-state index contributed by atoms with van der Waals surface area (Å²) in [5.74, 6) is 0. The molecular formula is C16H17BrClN. The van der Waals surface area contributed by atoms with E-state index in [1.807, 2.05) is 18.2 Å². The molecule has 0 atom stereocenters. The van der Waals surface area contributed by atoms with E-state index in [4.69, 9.17) is 11.6 Å². The molecule has 0 amide bonds. The zero-order valence-electron chi connectivity index (χ0n) is 11.3. The van der Waals surface area contributed by atoms with Gasteiger partial charge in [-0.25, -0.2) is 0 Å². The summed E-state index contributed by atoms with van der Waals surface area (Å²) in [7, 11) is 0. The Morgan fingerprint density at radius 1 is 1.05 bits per heavy atom. The highest BCUT2D eigenvalue weighted by molar-refractivity contribution is 9.10. The molecule has 19 heavy (non-hydrogen) atoms. The summed E-state index contributed by atoms with van der Waals surface area (Å²) in [4.78, 5) is 0. The van der Waals surface area contributed by atoms with Crippen LogP contribution in [-0.2, 0) is 6.54 Å². The number of halogens is 2. The molecule has 0 heterocycles. The summed E-state index contributed by atoms with van der Waals surface area (Å²) in [5, 5.41) is 4.18. The van der Waals surface area contributed by atoms with Crippen LogP contribution in [0.5, 0.6) is 0 Å². The van der Waals surface area contributed by atoms with Gasteiger partial charge >= 0.3 is 0 Å². The third-order valence-corrected chi connectivity index (χ3v) is 4.15. The second kappa shape index (κ2) is 5.98. The molecule has 2 aromatic carbocycles. The number of hydrogen-bond donors (Lipinski definition) is 1. The van der Waals surface area contributed by atoms with Gasteiger partial charge in [-0.05, 0) is 71.6 Å². The van der Waals surface area contributed by atoms with Gasteiger partial charge in [0.2, 0.25) is 0 Å². The Hall–Kier alpha value is -0.990. The zero-order valence-corrected chi connectivity index (χ0v) is 13.7. The van der Waals surface area contributed by atoms with Gasteiger partial charge in [0.25, 0.3) is 0 Å². The lowest BCUT2D eigenvalue weighted by molar-refractivity contribution is 1.08. The van der Waals surface area contributed by atoms with E-state index in [9.17, 15) is 0 Å². The van der Waals surface area contributed by atoms with Crippen molar-refractivity contribution in [3.63, 3.8) is 0 Å². The Bertz CT molecular complexity index is 585. The Kier molecular flexibility index (Phi) is 4.54. The van der Waals surface area contributed by atoms with Crippen molar-refractivity contribution in [3.05, 3.63) is 62.1 Å². The number of aryl methyl sites for hydroxylation is 3. The number of rotatable bonds is 3. The molecule has 0 unspecified atom stereocenters. The van der Waals surface area contributed by atoms with Crippen LogP contribution in [0.15, 0.2) is 34.8 Å². The van der Waals surface area contributed by atoms with Crippen LogP contribution in [0.3, 0.4) is 0 Å². The standard InChI is InChI=1S/C16H17BrClN/c1-10-6-11(2)14(12(3)7-10)9-19-16-8-13(18)4-5-15(16)17/h4-8,19H,9H2,1-3H3. The fourth-order valence-corrected chi connectivity index (χ4v) is 2.86. The van der Waals surface area contributed by atoms with Crippen LogP contribution >= 0.6 is 27.5 Å². The van der Waals surface area contributed by atoms with Crippen LogP contribution in [0, 0.1) is 20.8 Å². The van der Waals surface area contributed by atoms with Crippen molar-refractivity contribution in [2.75, 3.05) is 5.32 Å². The van der Waals surface area contributed by atoms with Crippen LogP contribution in [0.4, 0.5) is 5.69 Å². The van der Waals surface area contributed by atoms with Crippen LogP contribution in [0.25, 0.3) is 0 Å². The Balaban J connectivity index is 2.21. The number of anilines is 1. The lowest BCUT2D eigenvalue weighted by atomic mass is 10.00. The summed E-state index contributed by atoms with van der Waals surface area (Å²) in [6, 6.07) is 10.2. The van der Waals surface area contributed by atoms with E-state index in [-0.39, 0.29) is 0 Å². The minimum absolute atomic E-state index is 0.739. The Morgan fingerprint density at radius 2 is 1.68 bits per heavy atom. The highest BCUT2D eigenvalue weighted by Gasteiger charge is 2.05. The van der Waals surface area contributed by atoms with Crippen LogP contribution < -0.4 is 5.32 Å². The molecule has 0 aliphatic carbocycles. The molecule has 3 heteroatoms. The van der Waals surface area contributed by atoms with Gasteiger partial charge in [0.15, 0.2) is 0 Å². The number of benzene rings is 2. The predicted molar refractivity (Wildman–Crippen MR) is 87.1 cm³/mol. The van der Waals surface area contributed by atoms with Crippen LogP contribution in [0.1, 0.15) is 22.3 Å². The molecule has 100 valence electrons. The lowest BCUT2D eigenvalue weighted by Crippen LogP contribution is -2.04. The molecule has 0 bridgehead atoms. The second-order valence-electron chi connectivity index (χ2n) is 4.85. The molecule has 2 rings (SSSR count). The molecule has 0 aromatic heterocycles. The maximum atomic E-state index is 6.02. The summed E-state index contributed by atoms with van der Waals surface area (Å²) in [6.45, 7) is 7.25. The zero-order chi connectivity index (χ0) is 14.0. The first kappa shape index (κ1) is 14.4. The third kappa shape index (κ3) is 3.52. The van der Waals surface area contributed by atoms with Gasteiger partial charge in [-0.1, -0.05) is 29.3 Å². The average molecular weight is 339 g/mol. The summed E-state index contributed by atoms with van der Waals surface area (Å²) in [6.07, 6.45) is 0. The molecular weight excluding hydrogens is 322 g/mol. The molecule has 0 saturated carbocycles. The van der Waals surface area contributed by atoms with Gasteiger partial charge in [-0.2, -0.15) is 0 Å². The van der Waals surface area contributed by atoms with Crippen LogP contribution in [0.2, 0.25) is 5.02 Å². The second-order valence-corrected chi connectivity index (χ2v) is 6.15. The van der Waals surface area contributed by atoms with E-state index >= 15 is 0 Å². The quantitative estimate of drug-likeness (QED) is 0.763. The Morgan fingerprint density at radius 3 is 2.32 bits per heavy atom. The molecule has 0 radical (unpaired) electrons. The molecule has 1 N–H and O–H groups in total. The Labute approximate surface area is 128 Å². The fraction of sp³-hybridized carbons (Fsp3) is 0.250. The highest BCUT2D eigenvalue weighted by atomic mass is 79.9. The van der Waals surface area contributed by atoms with Crippen molar-refractivity contribution >= 4 is 33.2 Å². The van der Waals surface area contributed by atoms with Crippen molar-refractivity contribution in [1.29, 1.82) is 0 Å². The molecule has 0 aliphatic heterocycles. The highest BCUT2D eigenvalue weighted by Crippen LogP contribution is 2.27. The van der Waals surface area contributed by atoms with E-state index in [1.54, 1.807) is 0 Å². The molecule has 1 nitrogen and oxygen atoms in total. The fourth-order valence-electron chi connectivity index (χ4n) is 2.31. The lowest BCUT2D eigenvalue weighted by Gasteiger charge is -2.14. The average Bonchev–Trinajstić information content (AvgIpc) is 2.32. The normalized spacial score (nSPS) is 10.6. The third-order valence-electron chi connectivity index (χ3n) is 3.22. The maximum Gasteiger partial charge on any atom is 0.0502 e. The minimum Gasteiger partial charge on any atom is -0.380 e. The van der Waals surface area contributed by atoms with Gasteiger partial charge < -0.3 is 5.32 Å². The topological polar surface area (TPSA) is 12.0 Å².